The Bertz CT molecular complexity index is 1180. The van der Waals surface area contributed by atoms with Crippen molar-refractivity contribution in [3.8, 4) is 0 Å². The lowest BCUT2D eigenvalue weighted by molar-refractivity contribution is -0.139. The van der Waals surface area contributed by atoms with E-state index < -0.39 is 6.04 Å². The third-order valence-corrected chi connectivity index (χ3v) is 8.12. The molecule has 3 aromatic carbocycles. The number of nitrogens with zero attached hydrogens (tertiary/aromatic N) is 1. The van der Waals surface area contributed by atoms with E-state index in [1.54, 1.807) is 17.0 Å². The molecule has 0 heterocycles. The highest BCUT2D eigenvalue weighted by Crippen LogP contribution is 2.25. The molecule has 0 aliphatic heterocycles. The molecule has 0 unspecified atom stereocenters. The van der Waals surface area contributed by atoms with Crippen molar-refractivity contribution in [3.05, 3.63) is 104 Å². The van der Waals surface area contributed by atoms with Crippen LogP contribution in [0, 0.1) is 0 Å². The van der Waals surface area contributed by atoms with Gasteiger partial charge in [0.1, 0.15) is 6.04 Å². The van der Waals surface area contributed by atoms with Crippen LogP contribution in [0.3, 0.4) is 0 Å². The van der Waals surface area contributed by atoms with Crippen LogP contribution in [0.2, 0.25) is 10.0 Å². The molecule has 196 valence electrons. The third-order valence-electron chi connectivity index (χ3n) is 6.04. The summed E-state index contributed by atoms with van der Waals surface area (Å²) in [6.07, 6.45) is 1.24. The average Bonchev–Trinajstić information content (AvgIpc) is 2.88. The zero-order valence-corrected chi connectivity index (χ0v) is 24.8. The minimum atomic E-state index is -0.646. The molecule has 1 N–H and O–H groups in total. The molecule has 3 rings (SSSR count). The molecule has 8 heteroatoms. The number of thioether (sulfide) groups is 1. The van der Waals surface area contributed by atoms with Gasteiger partial charge in [0, 0.05) is 39.3 Å². The zero-order chi connectivity index (χ0) is 26.8. The minimum Gasteiger partial charge on any atom is -0.352 e. The van der Waals surface area contributed by atoms with Crippen LogP contribution in [0.25, 0.3) is 0 Å². The minimum absolute atomic E-state index is 0.0110. The van der Waals surface area contributed by atoms with Crippen LogP contribution >= 0.6 is 50.9 Å². The monoisotopic (exact) mass is 620 g/mol. The first-order valence-corrected chi connectivity index (χ1v) is 14.9. The summed E-state index contributed by atoms with van der Waals surface area (Å²) in [5, 5.41) is 4.25. The Hall–Kier alpha value is -1.99. The molecule has 0 saturated heterocycles. The Morgan fingerprint density at radius 1 is 1.00 bits per heavy atom. The van der Waals surface area contributed by atoms with E-state index in [1.165, 1.54) is 11.8 Å². The summed E-state index contributed by atoms with van der Waals surface area (Å²) in [6.45, 7) is 4.34. The predicted molar refractivity (Wildman–Crippen MR) is 159 cm³/mol. The standard InChI is InChI=1S/C29H31BrCl2N2O2S/c1-3-20(2)33-29(36)27(15-21-7-5-4-6-8-21)34(17-22-9-12-24(30)13-10-22)28(35)19-37-18-23-11-14-25(31)16-26(23)32/h4-14,16,20,27H,3,15,17-19H2,1-2H3,(H,33,36)/t20-,27+/m1/s1. The van der Waals surface area contributed by atoms with E-state index in [-0.39, 0.29) is 23.6 Å². The number of carbonyl (C=O) groups is 2. The lowest BCUT2D eigenvalue weighted by Crippen LogP contribution is -2.52. The Morgan fingerprint density at radius 2 is 1.70 bits per heavy atom. The molecule has 3 aromatic rings. The SMILES string of the molecule is CC[C@@H](C)NC(=O)[C@H](Cc1ccccc1)N(Cc1ccc(Br)cc1)C(=O)CSCc1ccc(Cl)cc1Cl. The molecule has 0 bridgehead atoms. The van der Waals surface area contributed by atoms with Crippen molar-refractivity contribution in [2.24, 2.45) is 0 Å². The van der Waals surface area contributed by atoms with E-state index in [9.17, 15) is 9.59 Å². The maximum absolute atomic E-state index is 13.7. The molecule has 0 fully saturated rings. The maximum atomic E-state index is 13.7. The summed E-state index contributed by atoms with van der Waals surface area (Å²) in [4.78, 5) is 28.9. The number of carbonyl (C=O) groups excluding carboxylic acids is 2. The van der Waals surface area contributed by atoms with Crippen molar-refractivity contribution in [2.75, 3.05) is 5.75 Å². The third kappa shape index (κ3) is 9.36. The first-order valence-electron chi connectivity index (χ1n) is 12.2. The van der Waals surface area contributed by atoms with E-state index in [0.717, 1.165) is 27.6 Å². The molecule has 0 radical (unpaired) electrons. The zero-order valence-electron chi connectivity index (χ0n) is 20.9. The van der Waals surface area contributed by atoms with Gasteiger partial charge in [-0.2, -0.15) is 0 Å². The smallest absolute Gasteiger partial charge is 0.243 e. The van der Waals surface area contributed by atoms with Gasteiger partial charge in [-0.25, -0.2) is 0 Å². The Balaban J connectivity index is 1.85. The van der Waals surface area contributed by atoms with Gasteiger partial charge in [-0.15, -0.1) is 11.8 Å². The number of amides is 2. The highest BCUT2D eigenvalue weighted by Gasteiger charge is 2.30. The fourth-order valence-corrected chi connectivity index (χ4v) is 5.48. The summed E-state index contributed by atoms with van der Waals surface area (Å²) < 4.78 is 0.958. The Morgan fingerprint density at radius 3 is 2.35 bits per heavy atom. The normalized spacial score (nSPS) is 12.6. The van der Waals surface area contributed by atoms with Crippen molar-refractivity contribution in [3.63, 3.8) is 0 Å². The van der Waals surface area contributed by atoms with Crippen LogP contribution in [0.15, 0.2) is 77.3 Å². The van der Waals surface area contributed by atoms with Gasteiger partial charge in [0.25, 0.3) is 0 Å². The van der Waals surface area contributed by atoms with Crippen molar-refractivity contribution < 1.29 is 9.59 Å². The first kappa shape index (κ1) is 29.6. The second kappa shape index (κ2) is 14.8. The lowest BCUT2D eigenvalue weighted by atomic mass is 10.0. The van der Waals surface area contributed by atoms with Crippen LogP contribution in [-0.4, -0.2) is 34.6 Å². The van der Waals surface area contributed by atoms with Gasteiger partial charge in [-0.05, 0) is 54.3 Å². The number of nitrogens with one attached hydrogen (secondary N) is 1. The van der Waals surface area contributed by atoms with Crippen LogP contribution in [0.5, 0.6) is 0 Å². The first-order chi connectivity index (χ1) is 17.8. The van der Waals surface area contributed by atoms with Gasteiger partial charge in [0.05, 0.1) is 5.75 Å². The number of halogens is 3. The summed E-state index contributed by atoms with van der Waals surface area (Å²) >= 11 is 17.3. The second-order valence-electron chi connectivity index (χ2n) is 8.90. The highest BCUT2D eigenvalue weighted by molar-refractivity contribution is 9.10. The van der Waals surface area contributed by atoms with Crippen molar-refractivity contribution in [1.29, 1.82) is 0 Å². The van der Waals surface area contributed by atoms with Gasteiger partial charge in [0.2, 0.25) is 11.8 Å². The van der Waals surface area contributed by atoms with Gasteiger partial charge >= 0.3 is 0 Å². The van der Waals surface area contributed by atoms with Crippen molar-refractivity contribution in [1.82, 2.24) is 10.2 Å². The molecule has 0 aromatic heterocycles. The van der Waals surface area contributed by atoms with Gasteiger partial charge < -0.3 is 10.2 Å². The van der Waals surface area contributed by atoms with E-state index in [2.05, 4.69) is 21.2 Å². The predicted octanol–water partition coefficient (Wildman–Crippen LogP) is 7.54. The van der Waals surface area contributed by atoms with Crippen LogP contribution in [0.4, 0.5) is 0 Å². The number of benzene rings is 3. The Labute approximate surface area is 242 Å². The van der Waals surface area contributed by atoms with E-state index in [4.69, 9.17) is 23.2 Å². The highest BCUT2D eigenvalue weighted by atomic mass is 79.9. The summed E-state index contributed by atoms with van der Waals surface area (Å²) in [5.41, 5.74) is 2.87. The Kier molecular flexibility index (Phi) is 11.8. The quantitative estimate of drug-likeness (QED) is 0.227. The topological polar surface area (TPSA) is 49.4 Å². The largest absolute Gasteiger partial charge is 0.352 e. The van der Waals surface area contributed by atoms with E-state index in [1.807, 2.05) is 74.5 Å². The van der Waals surface area contributed by atoms with Crippen molar-refractivity contribution >= 4 is 62.7 Å². The number of hydrogen-bond acceptors (Lipinski definition) is 3. The van der Waals surface area contributed by atoms with Crippen LogP contribution < -0.4 is 5.32 Å². The van der Waals surface area contributed by atoms with Gasteiger partial charge in [-0.1, -0.05) is 94.6 Å². The fraction of sp³-hybridized carbons (Fsp3) is 0.310. The molecule has 2 amide bonds. The average molecular weight is 622 g/mol. The van der Waals surface area contributed by atoms with Crippen LogP contribution in [-0.2, 0) is 28.3 Å². The lowest BCUT2D eigenvalue weighted by Gasteiger charge is -2.32. The number of rotatable bonds is 12. The van der Waals surface area contributed by atoms with Crippen LogP contribution in [0.1, 0.15) is 37.0 Å². The molecule has 0 spiro atoms. The van der Waals surface area contributed by atoms with Crippen molar-refractivity contribution in [2.45, 2.75) is 51.1 Å². The fourth-order valence-electron chi connectivity index (χ4n) is 3.75. The summed E-state index contributed by atoms with van der Waals surface area (Å²) in [7, 11) is 0. The molecule has 4 nitrogen and oxygen atoms in total. The second-order valence-corrected chi connectivity index (χ2v) is 11.6. The molecule has 2 atom stereocenters. The van der Waals surface area contributed by atoms with E-state index in [0.29, 0.717) is 28.8 Å². The molecule has 0 aliphatic carbocycles. The molecular weight excluding hydrogens is 591 g/mol. The summed E-state index contributed by atoms with van der Waals surface area (Å²) in [6, 6.07) is 22.4. The number of hydrogen-bond donors (Lipinski definition) is 1. The maximum Gasteiger partial charge on any atom is 0.243 e. The molecular formula is C29H31BrCl2N2O2S. The summed E-state index contributed by atoms with van der Waals surface area (Å²) in [5.74, 6) is 0.542. The molecule has 0 saturated carbocycles. The molecule has 37 heavy (non-hydrogen) atoms. The van der Waals surface area contributed by atoms with Gasteiger partial charge in [0.15, 0.2) is 0 Å². The van der Waals surface area contributed by atoms with Gasteiger partial charge in [-0.3, -0.25) is 9.59 Å². The molecule has 0 aliphatic rings. The van der Waals surface area contributed by atoms with E-state index >= 15 is 0 Å².